The van der Waals surface area contributed by atoms with Crippen molar-refractivity contribution in [2.24, 2.45) is 0 Å². The van der Waals surface area contributed by atoms with Crippen LogP contribution in [0, 0.1) is 11.6 Å². The minimum Gasteiger partial charge on any atom is -0.432 e. The van der Waals surface area contributed by atoms with E-state index >= 15 is 0 Å². The molecule has 29 heavy (non-hydrogen) atoms. The van der Waals surface area contributed by atoms with Crippen LogP contribution in [0.15, 0.2) is 47.3 Å². The van der Waals surface area contributed by atoms with Crippen molar-refractivity contribution in [1.82, 2.24) is 24.7 Å². The Hall–Kier alpha value is -3.33. The van der Waals surface area contributed by atoms with Crippen molar-refractivity contribution in [2.75, 3.05) is 18.4 Å². The summed E-state index contributed by atoms with van der Waals surface area (Å²) in [6.45, 7) is 1.90. The maximum Gasteiger partial charge on any atom is 0.306 e. The summed E-state index contributed by atoms with van der Waals surface area (Å²) < 4.78 is 34.9. The summed E-state index contributed by atoms with van der Waals surface area (Å²) in [4.78, 5) is 13.4. The first-order valence-electron chi connectivity index (χ1n) is 9.41. The Labute approximate surface area is 164 Å². The molecule has 0 saturated carbocycles. The van der Waals surface area contributed by atoms with Crippen LogP contribution in [-0.4, -0.2) is 38.5 Å². The Morgan fingerprint density at radius 1 is 1.14 bits per heavy atom. The van der Waals surface area contributed by atoms with Crippen LogP contribution < -0.4 is 10.6 Å². The van der Waals surface area contributed by atoms with E-state index in [1.165, 1.54) is 18.4 Å². The molecule has 1 aromatic carbocycles. The molecule has 148 valence electrons. The summed E-state index contributed by atoms with van der Waals surface area (Å²) in [5, 5.41) is 6.69. The van der Waals surface area contributed by atoms with E-state index in [0.717, 1.165) is 32.0 Å². The molecule has 0 spiro atoms. The zero-order chi connectivity index (χ0) is 19.8. The van der Waals surface area contributed by atoms with E-state index in [1.54, 1.807) is 22.9 Å². The number of nitrogens with one attached hydrogen (secondary N) is 2. The minimum atomic E-state index is -0.700. The number of rotatable bonds is 4. The van der Waals surface area contributed by atoms with Crippen LogP contribution in [-0.2, 0) is 0 Å². The Morgan fingerprint density at radius 2 is 2.00 bits per heavy atom. The van der Waals surface area contributed by atoms with Gasteiger partial charge < -0.3 is 15.1 Å². The summed E-state index contributed by atoms with van der Waals surface area (Å²) in [5.74, 6) is -0.552. The molecule has 4 aromatic rings. The van der Waals surface area contributed by atoms with Crippen LogP contribution >= 0.6 is 0 Å². The summed E-state index contributed by atoms with van der Waals surface area (Å²) in [7, 11) is 0. The maximum absolute atomic E-state index is 14.5. The number of halogens is 2. The molecule has 1 aliphatic rings. The third-order valence-corrected chi connectivity index (χ3v) is 5.02. The average molecular weight is 396 g/mol. The molecular weight excluding hydrogens is 378 g/mol. The Balaban J connectivity index is 1.59. The minimum absolute atomic E-state index is 0.173. The highest BCUT2D eigenvalue weighted by Crippen LogP contribution is 2.34. The van der Waals surface area contributed by atoms with Gasteiger partial charge in [0.2, 0.25) is 5.95 Å². The standard InChI is InChI=1S/C20H18F2N6O/c21-12-1-2-14(15(22)11-12)17-18(28-9-10-29-20(28)27-17)16-5-8-24-19(26-16)25-13-3-6-23-7-4-13/h1-2,5,8-11,13,23H,3-4,6-7H2,(H,24,25,26). The second kappa shape index (κ2) is 7.25. The first-order valence-corrected chi connectivity index (χ1v) is 9.41. The van der Waals surface area contributed by atoms with E-state index in [4.69, 9.17) is 4.42 Å². The molecule has 0 atom stereocenters. The lowest BCUT2D eigenvalue weighted by molar-refractivity contribution is 0.477. The van der Waals surface area contributed by atoms with Gasteiger partial charge in [-0.05, 0) is 44.1 Å². The molecule has 4 heterocycles. The number of hydrogen-bond acceptors (Lipinski definition) is 6. The van der Waals surface area contributed by atoms with Crippen LogP contribution in [0.25, 0.3) is 28.5 Å². The van der Waals surface area contributed by atoms with E-state index in [9.17, 15) is 8.78 Å². The Kier molecular flexibility index (Phi) is 4.44. The van der Waals surface area contributed by atoms with Gasteiger partial charge in [0.05, 0.1) is 5.69 Å². The first-order chi connectivity index (χ1) is 14.2. The SMILES string of the molecule is Fc1ccc(-c2nc3occn3c2-c2ccnc(NC3CCNCC3)n2)c(F)c1. The molecule has 9 heteroatoms. The molecule has 1 aliphatic heterocycles. The van der Waals surface area contributed by atoms with Crippen molar-refractivity contribution in [3.63, 3.8) is 0 Å². The number of nitrogens with zero attached hydrogens (tertiary/aromatic N) is 4. The van der Waals surface area contributed by atoms with Gasteiger partial charge >= 0.3 is 5.84 Å². The highest BCUT2D eigenvalue weighted by molar-refractivity contribution is 5.80. The number of aromatic nitrogens is 4. The van der Waals surface area contributed by atoms with Crippen molar-refractivity contribution in [2.45, 2.75) is 18.9 Å². The highest BCUT2D eigenvalue weighted by atomic mass is 19.1. The fourth-order valence-corrected chi connectivity index (χ4v) is 3.61. The smallest absolute Gasteiger partial charge is 0.306 e. The van der Waals surface area contributed by atoms with Gasteiger partial charge in [0, 0.05) is 30.1 Å². The predicted octanol–water partition coefficient (Wildman–Crippen LogP) is 3.49. The Morgan fingerprint density at radius 3 is 2.83 bits per heavy atom. The molecule has 2 N–H and O–H groups in total. The lowest BCUT2D eigenvalue weighted by Gasteiger charge is -2.23. The summed E-state index contributed by atoms with van der Waals surface area (Å²) >= 11 is 0. The lowest BCUT2D eigenvalue weighted by Crippen LogP contribution is -2.35. The van der Waals surface area contributed by atoms with Crippen molar-refractivity contribution in [1.29, 1.82) is 0 Å². The van der Waals surface area contributed by atoms with E-state index in [2.05, 4.69) is 25.6 Å². The van der Waals surface area contributed by atoms with Crippen molar-refractivity contribution < 1.29 is 13.2 Å². The number of oxazole rings is 1. The van der Waals surface area contributed by atoms with Gasteiger partial charge in [0.25, 0.3) is 0 Å². The molecule has 7 nitrogen and oxygen atoms in total. The van der Waals surface area contributed by atoms with Gasteiger partial charge in [0.1, 0.15) is 29.3 Å². The quantitative estimate of drug-likeness (QED) is 0.550. The first kappa shape index (κ1) is 17.7. The van der Waals surface area contributed by atoms with Crippen molar-refractivity contribution in [3.8, 4) is 22.6 Å². The summed E-state index contributed by atoms with van der Waals surface area (Å²) in [6, 6.07) is 5.43. The number of benzene rings is 1. The van der Waals surface area contributed by atoms with Crippen LogP contribution in [0.5, 0.6) is 0 Å². The summed E-state index contributed by atoms with van der Waals surface area (Å²) in [5.41, 5.74) is 1.61. The molecule has 3 aromatic heterocycles. The van der Waals surface area contributed by atoms with Gasteiger partial charge in [-0.2, -0.15) is 4.98 Å². The van der Waals surface area contributed by atoms with Gasteiger partial charge in [-0.25, -0.2) is 18.7 Å². The predicted molar refractivity (Wildman–Crippen MR) is 103 cm³/mol. The number of hydrogen-bond donors (Lipinski definition) is 2. The van der Waals surface area contributed by atoms with E-state index in [0.29, 0.717) is 34.9 Å². The average Bonchev–Trinajstić information content (AvgIpc) is 3.30. The van der Waals surface area contributed by atoms with Crippen LogP contribution in [0.1, 0.15) is 12.8 Å². The third-order valence-electron chi connectivity index (χ3n) is 5.02. The molecule has 0 bridgehead atoms. The number of anilines is 1. The summed E-state index contributed by atoms with van der Waals surface area (Å²) in [6.07, 6.45) is 6.79. The fraction of sp³-hybridized carbons (Fsp3) is 0.250. The maximum atomic E-state index is 14.5. The van der Waals surface area contributed by atoms with E-state index < -0.39 is 11.6 Å². The van der Waals surface area contributed by atoms with Crippen LogP contribution in [0.3, 0.4) is 0 Å². The van der Waals surface area contributed by atoms with Gasteiger partial charge in [-0.1, -0.05) is 0 Å². The van der Waals surface area contributed by atoms with E-state index in [1.807, 2.05) is 0 Å². The normalized spacial score (nSPS) is 15.1. The van der Waals surface area contributed by atoms with Crippen LogP contribution in [0.2, 0.25) is 0 Å². The lowest BCUT2D eigenvalue weighted by atomic mass is 10.1. The highest BCUT2D eigenvalue weighted by Gasteiger charge is 2.22. The number of imidazole rings is 1. The zero-order valence-electron chi connectivity index (χ0n) is 15.4. The zero-order valence-corrected chi connectivity index (χ0v) is 15.4. The molecule has 0 radical (unpaired) electrons. The van der Waals surface area contributed by atoms with Crippen molar-refractivity contribution >= 4 is 11.8 Å². The molecule has 1 fully saturated rings. The number of fused-ring (bicyclic) bond motifs is 1. The van der Waals surface area contributed by atoms with Gasteiger partial charge in [-0.3, -0.25) is 4.40 Å². The van der Waals surface area contributed by atoms with Crippen molar-refractivity contribution in [3.05, 3.63) is 54.6 Å². The molecule has 0 unspecified atom stereocenters. The Bertz CT molecular complexity index is 1160. The molecule has 0 amide bonds. The second-order valence-electron chi connectivity index (χ2n) is 6.92. The monoisotopic (exact) mass is 396 g/mol. The molecular formula is C20H18F2N6O. The molecule has 0 aliphatic carbocycles. The van der Waals surface area contributed by atoms with Gasteiger partial charge in [-0.15, -0.1) is 0 Å². The topological polar surface area (TPSA) is 80.3 Å². The second-order valence-corrected chi connectivity index (χ2v) is 6.92. The van der Waals surface area contributed by atoms with E-state index in [-0.39, 0.29) is 5.56 Å². The molecule has 5 rings (SSSR count). The largest absolute Gasteiger partial charge is 0.432 e. The fourth-order valence-electron chi connectivity index (χ4n) is 3.61. The number of piperidine rings is 1. The third kappa shape index (κ3) is 3.33. The molecule has 1 saturated heterocycles. The van der Waals surface area contributed by atoms with Gasteiger partial charge in [0.15, 0.2) is 0 Å². The van der Waals surface area contributed by atoms with Crippen LogP contribution in [0.4, 0.5) is 14.7 Å².